The lowest BCUT2D eigenvalue weighted by molar-refractivity contribution is -0.162. The van der Waals surface area contributed by atoms with Gasteiger partial charge in [-0.1, -0.05) is 99.6 Å². The predicted molar refractivity (Wildman–Crippen MR) is 157 cm³/mol. The van der Waals surface area contributed by atoms with Crippen LogP contribution in [0, 0.1) is 0 Å². The molecule has 206 valence electrons. The largest absolute Gasteiger partial charge is 0.405 e. The number of aromatic nitrogens is 1. The van der Waals surface area contributed by atoms with Crippen LogP contribution in [0.3, 0.4) is 0 Å². The standard InChI is InChI=1S/C32H39NO5Si/c1-31(2,3)39(23-15-8-6-9-16-23,24-17-10-7-11-18-24)36-21-27(34)29-30(38-32(4,5)37-29)28(35)26-20-22-14-12-13-19-25(22)33-26/h6-20,27-30,33-35H,21H2,1-5H3/t27-,28-,29-,30-/m1/s1. The van der Waals surface area contributed by atoms with Gasteiger partial charge in [0.1, 0.15) is 24.4 Å². The fraction of sp³-hybridized carbons (Fsp3) is 0.375. The molecule has 0 spiro atoms. The van der Waals surface area contributed by atoms with E-state index in [-0.39, 0.29) is 11.6 Å². The van der Waals surface area contributed by atoms with Crippen LogP contribution in [-0.4, -0.2) is 54.2 Å². The summed E-state index contributed by atoms with van der Waals surface area (Å²) in [6.45, 7) is 10.2. The average Bonchev–Trinajstić information content (AvgIpc) is 3.49. The Kier molecular flexibility index (Phi) is 7.58. The number of aliphatic hydroxyl groups is 2. The molecule has 3 N–H and O–H groups in total. The highest BCUT2D eigenvalue weighted by Crippen LogP contribution is 2.39. The minimum Gasteiger partial charge on any atom is -0.405 e. The lowest BCUT2D eigenvalue weighted by Gasteiger charge is -2.43. The Labute approximate surface area is 231 Å². The second-order valence-electron chi connectivity index (χ2n) is 11.9. The third kappa shape index (κ3) is 5.35. The van der Waals surface area contributed by atoms with E-state index >= 15 is 0 Å². The van der Waals surface area contributed by atoms with E-state index in [1.165, 1.54) is 0 Å². The molecule has 1 aliphatic rings. The zero-order valence-electron chi connectivity index (χ0n) is 23.3. The zero-order valence-corrected chi connectivity index (χ0v) is 24.3. The molecular formula is C32H39NO5Si. The minimum atomic E-state index is -2.86. The van der Waals surface area contributed by atoms with Crippen molar-refractivity contribution in [1.82, 2.24) is 4.98 Å². The fourth-order valence-corrected chi connectivity index (χ4v) is 10.4. The Morgan fingerprint density at radius 1 is 0.846 bits per heavy atom. The highest BCUT2D eigenvalue weighted by molar-refractivity contribution is 6.99. The van der Waals surface area contributed by atoms with Crippen molar-refractivity contribution in [2.24, 2.45) is 0 Å². The molecule has 4 aromatic rings. The molecule has 1 fully saturated rings. The lowest BCUT2D eigenvalue weighted by Crippen LogP contribution is -2.67. The van der Waals surface area contributed by atoms with E-state index in [9.17, 15) is 10.2 Å². The van der Waals surface area contributed by atoms with E-state index < -0.39 is 38.5 Å². The first-order valence-electron chi connectivity index (χ1n) is 13.6. The summed E-state index contributed by atoms with van der Waals surface area (Å²) < 4.78 is 19.3. The molecule has 0 amide bonds. The van der Waals surface area contributed by atoms with Gasteiger partial charge in [-0.15, -0.1) is 0 Å². The topological polar surface area (TPSA) is 83.9 Å². The van der Waals surface area contributed by atoms with Gasteiger partial charge in [-0.2, -0.15) is 0 Å². The van der Waals surface area contributed by atoms with Crippen LogP contribution in [0.25, 0.3) is 10.9 Å². The summed E-state index contributed by atoms with van der Waals surface area (Å²) >= 11 is 0. The van der Waals surface area contributed by atoms with Gasteiger partial charge in [-0.3, -0.25) is 0 Å². The van der Waals surface area contributed by atoms with E-state index in [0.717, 1.165) is 21.3 Å². The molecule has 39 heavy (non-hydrogen) atoms. The van der Waals surface area contributed by atoms with Crippen molar-refractivity contribution in [3.05, 3.63) is 96.7 Å². The summed E-state index contributed by atoms with van der Waals surface area (Å²) in [5, 5.41) is 26.0. The molecule has 1 aliphatic heterocycles. The van der Waals surface area contributed by atoms with Crippen LogP contribution in [0.4, 0.5) is 0 Å². The first-order chi connectivity index (χ1) is 18.5. The number of hydrogen-bond donors (Lipinski definition) is 3. The molecule has 4 atom stereocenters. The van der Waals surface area contributed by atoms with Crippen molar-refractivity contribution in [2.75, 3.05) is 6.61 Å². The fourth-order valence-electron chi connectivity index (χ4n) is 5.86. The van der Waals surface area contributed by atoms with Gasteiger partial charge in [-0.05, 0) is 46.8 Å². The third-order valence-corrected chi connectivity index (χ3v) is 12.6. The Morgan fingerprint density at radius 3 is 1.95 bits per heavy atom. The second kappa shape index (κ2) is 10.7. The molecule has 6 nitrogen and oxygen atoms in total. The number of ether oxygens (including phenoxy) is 2. The maximum absolute atomic E-state index is 11.6. The number of fused-ring (bicyclic) bond motifs is 1. The minimum absolute atomic E-state index is 0.0350. The van der Waals surface area contributed by atoms with Gasteiger partial charge in [0.05, 0.1) is 6.61 Å². The molecule has 7 heteroatoms. The number of H-pyrrole nitrogens is 1. The van der Waals surface area contributed by atoms with Crippen LogP contribution in [-0.2, 0) is 13.9 Å². The molecule has 5 rings (SSSR count). The van der Waals surface area contributed by atoms with Gasteiger partial charge < -0.3 is 29.1 Å². The number of aromatic amines is 1. The van der Waals surface area contributed by atoms with E-state index in [0.29, 0.717) is 5.69 Å². The molecule has 0 bridgehead atoms. The quantitative estimate of drug-likeness (QED) is 0.281. The van der Waals surface area contributed by atoms with Crippen molar-refractivity contribution in [3.8, 4) is 0 Å². The van der Waals surface area contributed by atoms with Crippen LogP contribution >= 0.6 is 0 Å². The molecule has 0 aliphatic carbocycles. The monoisotopic (exact) mass is 545 g/mol. The molecule has 0 unspecified atom stereocenters. The van der Waals surface area contributed by atoms with E-state index in [4.69, 9.17) is 13.9 Å². The van der Waals surface area contributed by atoms with Gasteiger partial charge in [0.2, 0.25) is 0 Å². The van der Waals surface area contributed by atoms with Gasteiger partial charge in [0.25, 0.3) is 8.32 Å². The van der Waals surface area contributed by atoms with Crippen LogP contribution in [0.1, 0.15) is 46.4 Å². The van der Waals surface area contributed by atoms with Crippen LogP contribution in [0.15, 0.2) is 91.0 Å². The summed E-state index contributed by atoms with van der Waals surface area (Å²) in [6.07, 6.45) is -3.63. The van der Waals surface area contributed by atoms with Crippen molar-refractivity contribution < 1.29 is 24.1 Å². The number of hydrogen-bond acceptors (Lipinski definition) is 5. The molecular weight excluding hydrogens is 506 g/mol. The molecule has 0 saturated carbocycles. The predicted octanol–water partition coefficient (Wildman–Crippen LogP) is 4.66. The average molecular weight is 546 g/mol. The van der Waals surface area contributed by atoms with Gasteiger partial charge in [-0.25, -0.2) is 0 Å². The van der Waals surface area contributed by atoms with E-state index in [1.807, 2.05) is 66.7 Å². The number of rotatable bonds is 8. The van der Waals surface area contributed by atoms with Crippen molar-refractivity contribution in [3.63, 3.8) is 0 Å². The number of para-hydroxylation sites is 1. The molecule has 1 saturated heterocycles. The first kappa shape index (κ1) is 27.8. The van der Waals surface area contributed by atoms with Crippen LogP contribution in [0.2, 0.25) is 5.04 Å². The van der Waals surface area contributed by atoms with E-state index in [2.05, 4.69) is 50.0 Å². The summed E-state index contributed by atoms with van der Waals surface area (Å²) in [4.78, 5) is 3.29. The number of nitrogens with one attached hydrogen (secondary N) is 1. The summed E-state index contributed by atoms with van der Waals surface area (Å²) in [5.74, 6) is -0.972. The molecule has 0 radical (unpaired) electrons. The van der Waals surface area contributed by atoms with Crippen LogP contribution < -0.4 is 10.4 Å². The zero-order chi connectivity index (χ0) is 27.8. The Hall–Kier alpha value is -2.78. The smallest absolute Gasteiger partial charge is 0.261 e. The molecule has 1 aromatic heterocycles. The number of aliphatic hydroxyl groups excluding tert-OH is 2. The normalized spacial score (nSPS) is 21.2. The molecule has 3 aromatic carbocycles. The lowest BCUT2D eigenvalue weighted by atomic mass is 10.0. The Bertz CT molecular complexity index is 1310. The molecule has 2 heterocycles. The number of benzene rings is 3. The highest BCUT2D eigenvalue weighted by atomic mass is 28.4. The van der Waals surface area contributed by atoms with Gasteiger partial charge in [0.15, 0.2) is 5.79 Å². The van der Waals surface area contributed by atoms with Crippen LogP contribution in [0.5, 0.6) is 0 Å². The van der Waals surface area contributed by atoms with Crippen molar-refractivity contribution >= 4 is 29.6 Å². The Morgan fingerprint density at radius 2 is 1.38 bits per heavy atom. The first-order valence-corrected chi connectivity index (χ1v) is 15.5. The second-order valence-corrected chi connectivity index (χ2v) is 16.2. The van der Waals surface area contributed by atoms with Crippen molar-refractivity contribution in [1.29, 1.82) is 0 Å². The maximum atomic E-state index is 11.6. The summed E-state index contributed by atoms with van der Waals surface area (Å²) in [7, 11) is -2.86. The summed E-state index contributed by atoms with van der Waals surface area (Å²) in [5.41, 5.74) is 1.55. The van der Waals surface area contributed by atoms with Crippen molar-refractivity contribution in [2.45, 2.75) is 69.9 Å². The van der Waals surface area contributed by atoms with Gasteiger partial charge >= 0.3 is 0 Å². The SMILES string of the molecule is CC1(C)O[C@H]([C@H](O)CO[Si](c2ccccc2)(c2ccccc2)C(C)(C)C)[C@@H]([C@H](O)c2cc3ccccc3[nH]2)O1. The maximum Gasteiger partial charge on any atom is 0.261 e. The highest BCUT2D eigenvalue weighted by Gasteiger charge is 2.53. The van der Waals surface area contributed by atoms with E-state index in [1.54, 1.807) is 13.8 Å². The summed E-state index contributed by atoms with van der Waals surface area (Å²) in [6, 6.07) is 30.4. The Balaban J connectivity index is 1.45. The third-order valence-electron chi connectivity index (χ3n) is 7.61. The van der Waals surface area contributed by atoms with Gasteiger partial charge in [0, 0.05) is 11.2 Å².